The fourth-order valence-electron chi connectivity index (χ4n) is 3.76. The van der Waals surface area contributed by atoms with Crippen molar-refractivity contribution in [3.8, 4) is 5.75 Å². The first-order chi connectivity index (χ1) is 14.8. The summed E-state index contributed by atoms with van der Waals surface area (Å²) in [6.45, 7) is 0.451. The number of anilines is 1. The Hall–Kier alpha value is -3.11. The van der Waals surface area contributed by atoms with E-state index >= 15 is 0 Å². The fourth-order valence-corrected chi connectivity index (χ4v) is 5.25. The Balaban J connectivity index is 1.45. The second-order valence-corrected chi connectivity index (χ2v) is 9.36. The van der Waals surface area contributed by atoms with Gasteiger partial charge in [-0.1, -0.05) is 12.1 Å². The molecule has 4 rings (SSSR count). The van der Waals surface area contributed by atoms with E-state index in [4.69, 9.17) is 9.15 Å². The molecule has 0 unspecified atom stereocenters. The topological polar surface area (TPSA) is 111 Å². The van der Waals surface area contributed by atoms with Crippen LogP contribution in [-0.4, -0.2) is 43.4 Å². The molecule has 164 valence electrons. The van der Waals surface area contributed by atoms with Crippen molar-refractivity contribution in [3.05, 3.63) is 53.0 Å². The van der Waals surface area contributed by atoms with Crippen molar-refractivity contribution in [2.75, 3.05) is 25.5 Å². The Morgan fingerprint density at radius 3 is 2.58 bits per heavy atom. The lowest BCUT2D eigenvalue weighted by molar-refractivity contribution is -0.120. The second kappa shape index (κ2) is 8.20. The van der Waals surface area contributed by atoms with Crippen LogP contribution in [0.3, 0.4) is 0 Å². The van der Waals surface area contributed by atoms with Crippen LogP contribution < -0.4 is 15.8 Å². The number of oxazole rings is 1. The van der Waals surface area contributed by atoms with Crippen LogP contribution in [0.25, 0.3) is 11.1 Å². The summed E-state index contributed by atoms with van der Waals surface area (Å²) in [5.74, 6) is -0.440. The van der Waals surface area contributed by atoms with E-state index in [9.17, 15) is 18.0 Å². The molecule has 1 aliphatic heterocycles. The monoisotopic (exact) mass is 445 g/mol. The van der Waals surface area contributed by atoms with E-state index in [0.29, 0.717) is 29.8 Å². The molecule has 1 N–H and O–H groups in total. The number of hydrogen-bond acceptors (Lipinski definition) is 6. The van der Waals surface area contributed by atoms with Gasteiger partial charge >= 0.3 is 5.76 Å². The summed E-state index contributed by atoms with van der Waals surface area (Å²) in [6, 6.07) is 11.5. The highest BCUT2D eigenvalue weighted by atomic mass is 32.2. The SMILES string of the molecule is COc1ccccc1NC(=O)C1CCN(S(=O)(=O)c2ccc3c(c2)oc(=O)n3C)CC1. The molecule has 1 aromatic heterocycles. The minimum Gasteiger partial charge on any atom is -0.495 e. The number of rotatable bonds is 5. The molecule has 0 aliphatic carbocycles. The number of sulfonamides is 1. The van der Waals surface area contributed by atoms with Crippen LogP contribution >= 0.6 is 0 Å². The van der Waals surface area contributed by atoms with Crippen LogP contribution in [-0.2, 0) is 21.9 Å². The number of hydrogen-bond donors (Lipinski definition) is 1. The number of carbonyl (C=O) groups excluding carboxylic acids is 1. The van der Waals surface area contributed by atoms with Crippen LogP contribution in [0.4, 0.5) is 5.69 Å². The summed E-state index contributed by atoms with van der Waals surface area (Å²) >= 11 is 0. The van der Waals surface area contributed by atoms with E-state index in [1.165, 1.54) is 28.1 Å². The zero-order valence-corrected chi connectivity index (χ0v) is 18.0. The molecule has 1 aliphatic rings. The van der Waals surface area contributed by atoms with Gasteiger partial charge in [-0.15, -0.1) is 0 Å². The lowest BCUT2D eigenvalue weighted by atomic mass is 9.97. The lowest BCUT2D eigenvalue weighted by Crippen LogP contribution is -2.41. The quantitative estimate of drug-likeness (QED) is 0.644. The van der Waals surface area contributed by atoms with Gasteiger partial charge < -0.3 is 14.5 Å². The fraction of sp³-hybridized carbons (Fsp3) is 0.333. The molecule has 31 heavy (non-hydrogen) atoms. The third-order valence-corrected chi connectivity index (χ3v) is 7.49. The highest BCUT2D eigenvalue weighted by molar-refractivity contribution is 7.89. The number of nitrogens with one attached hydrogen (secondary N) is 1. The number of benzene rings is 2. The van der Waals surface area contributed by atoms with E-state index in [1.807, 2.05) is 6.07 Å². The average molecular weight is 445 g/mol. The number of fused-ring (bicyclic) bond motifs is 1. The van der Waals surface area contributed by atoms with Crippen LogP contribution in [0.2, 0.25) is 0 Å². The van der Waals surface area contributed by atoms with Crippen LogP contribution in [0.1, 0.15) is 12.8 Å². The van der Waals surface area contributed by atoms with Gasteiger partial charge in [-0.3, -0.25) is 9.36 Å². The first-order valence-corrected chi connectivity index (χ1v) is 11.3. The number of para-hydroxylation sites is 2. The molecular formula is C21H23N3O6S. The maximum Gasteiger partial charge on any atom is 0.419 e. The number of amides is 1. The molecule has 3 aromatic rings. The summed E-state index contributed by atoms with van der Waals surface area (Å²) in [5, 5.41) is 2.87. The molecule has 1 fully saturated rings. The van der Waals surface area contributed by atoms with E-state index in [1.54, 1.807) is 31.3 Å². The number of nitrogens with zero attached hydrogens (tertiary/aromatic N) is 2. The van der Waals surface area contributed by atoms with E-state index in [2.05, 4.69) is 5.32 Å². The van der Waals surface area contributed by atoms with Crippen LogP contribution in [0.5, 0.6) is 5.75 Å². The van der Waals surface area contributed by atoms with Gasteiger partial charge in [0.05, 0.1) is 23.2 Å². The van der Waals surface area contributed by atoms with Gasteiger partial charge in [-0.05, 0) is 37.1 Å². The molecule has 2 heterocycles. The third-order valence-electron chi connectivity index (χ3n) is 5.59. The molecular weight excluding hydrogens is 422 g/mol. The summed E-state index contributed by atoms with van der Waals surface area (Å²) in [7, 11) is -0.673. The molecule has 10 heteroatoms. The van der Waals surface area contributed by atoms with Crippen molar-refractivity contribution in [1.82, 2.24) is 8.87 Å². The maximum atomic E-state index is 13.1. The molecule has 1 amide bonds. The van der Waals surface area contributed by atoms with Crippen molar-refractivity contribution in [1.29, 1.82) is 0 Å². The smallest absolute Gasteiger partial charge is 0.419 e. The Kier molecular flexibility index (Phi) is 5.59. The van der Waals surface area contributed by atoms with Crippen molar-refractivity contribution in [2.24, 2.45) is 13.0 Å². The number of aryl methyl sites for hydroxylation is 1. The molecule has 2 aromatic carbocycles. The number of aromatic nitrogens is 1. The zero-order valence-electron chi connectivity index (χ0n) is 17.2. The molecule has 0 atom stereocenters. The Morgan fingerprint density at radius 2 is 1.87 bits per heavy atom. The minimum absolute atomic E-state index is 0.0614. The maximum absolute atomic E-state index is 13.1. The minimum atomic E-state index is -3.77. The lowest BCUT2D eigenvalue weighted by Gasteiger charge is -2.30. The number of ether oxygens (including phenoxy) is 1. The summed E-state index contributed by atoms with van der Waals surface area (Å²) < 4.78 is 39.2. The Morgan fingerprint density at radius 1 is 1.16 bits per heavy atom. The highest BCUT2D eigenvalue weighted by Gasteiger charge is 2.32. The second-order valence-electron chi connectivity index (χ2n) is 7.42. The van der Waals surface area contributed by atoms with E-state index in [0.717, 1.165) is 0 Å². The molecule has 0 spiro atoms. The van der Waals surface area contributed by atoms with Gasteiger partial charge in [-0.2, -0.15) is 4.31 Å². The number of piperidine rings is 1. The molecule has 0 saturated carbocycles. The number of carbonyl (C=O) groups is 1. The average Bonchev–Trinajstić information content (AvgIpc) is 3.07. The van der Waals surface area contributed by atoms with Crippen molar-refractivity contribution in [2.45, 2.75) is 17.7 Å². The van der Waals surface area contributed by atoms with Gasteiger partial charge in [-0.25, -0.2) is 13.2 Å². The summed E-state index contributed by atoms with van der Waals surface area (Å²) in [6.07, 6.45) is 0.811. The highest BCUT2D eigenvalue weighted by Crippen LogP contribution is 2.28. The van der Waals surface area contributed by atoms with Gasteiger partial charge in [0.2, 0.25) is 15.9 Å². The van der Waals surface area contributed by atoms with E-state index in [-0.39, 0.29) is 35.4 Å². The van der Waals surface area contributed by atoms with Crippen LogP contribution in [0, 0.1) is 5.92 Å². The van der Waals surface area contributed by atoms with Crippen LogP contribution in [0.15, 0.2) is 56.6 Å². The van der Waals surface area contributed by atoms with Crippen molar-refractivity contribution >= 4 is 32.7 Å². The standard InChI is InChI=1S/C21H23N3O6S/c1-23-17-8-7-15(13-19(17)30-21(23)26)31(27,28)24-11-9-14(10-12-24)20(25)22-16-5-3-4-6-18(16)29-2/h3-8,13-14H,9-12H2,1-2H3,(H,22,25). The molecule has 9 nitrogen and oxygen atoms in total. The molecule has 0 radical (unpaired) electrons. The summed E-state index contributed by atoms with van der Waals surface area (Å²) in [5.41, 5.74) is 1.33. The predicted molar refractivity (Wildman–Crippen MR) is 115 cm³/mol. The van der Waals surface area contributed by atoms with Gasteiger partial charge in [0.25, 0.3) is 0 Å². The van der Waals surface area contributed by atoms with Crippen molar-refractivity contribution < 1.29 is 22.4 Å². The Bertz CT molecular complexity index is 1290. The van der Waals surface area contributed by atoms with Crippen molar-refractivity contribution in [3.63, 3.8) is 0 Å². The Labute approximate surface area is 179 Å². The first kappa shape index (κ1) is 21.1. The van der Waals surface area contributed by atoms with Gasteiger partial charge in [0.1, 0.15) is 5.75 Å². The van der Waals surface area contributed by atoms with E-state index < -0.39 is 15.8 Å². The predicted octanol–water partition coefficient (Wildman–Crippen LogP) is 2.18. The molecule has 0 bridgehead atoms. The van der Waals surface area contributed by atoms with Gasteiger partial charge in [0.15, 0.2) is 5.58 Å². The zero-order chi connectivity index (χ0) is 22.2. The number of methoxy groups -OCH3 is 1. The normalized spacial score (nSPS) is 15.8. The first-order valence-electron chi connectivity index (χ1n) is 9.85. The summed E-state index contributed by atoms with van der Waals surface area (Å²) in [4.78, 5) is 24.4. The van der Waals surface area contributed by atoms with Gasteiger partial charge in [0, 0.05) is 32.1 Å². The molecule has 1 saturated heterocycles. The largest absolute Gasteiger partial charge is 0.495 e. The third kappa shape index (κ3) is 3.96.